The second-order valence-corrected chi connectivity index (χ2v) is 4.75. The van der Waals surface area contributed by atoms with Gasteiger partial charge in [-0.15, -0.1) is 0 Å². The maximum absolute atomic E-state index is 13.5. The molecule has 0 aromatic heterocycles. The first-order valence-corrected chi connectivity index (χ1v) is 6.56. The van der Waals surface area contributed by atoms with E-state index in [0.29, 0.717) is 24.5 Å². The van der Waals surface area contributed by atoms with Crippen LogP contribution in [0.4, 0.5) is 13.2 Å². The molecule has 0 fully saturated rings. The molecule has 0 heterocycles. The van der Waals surface area contributed by atoms with Crippen molar-refractivity contribution >= 4 is 0 Å². The fourth-order valence-electron chi connectivity index (χ4n) is 1.89. The van der Waals surface area contributed by atoms with Crippen LogP contribution in [0.25, 0.3) is 0 Å². The highest BCUT2D eigenvalue weighted by atomic mass is 19.2. The third-order valence-corrected chi connectivity index (χ3v) is 3.03. The van der Waals surface area contributed by atoms with Crippen molar-refractivity contribution in [3.05, 3.63) is 65.5 Å². The Hall–Kier alpha value is -2.01. The van der Waals surface area contributed by atoms with Gasteiger partial charge < -0.3 is 4.74 Å². The molecule has 0 aliphatic rings. The average molecular weight is 295 g/mol. The minimum absolute atomic E-state index is 0.288. The van der Waals surface area contributed by atoms with E-state index in [-0.39, 0.29) is 12.4 Å². The molecule has 0 amide bonds. The van der Waals surface area contributed by atoms with Crippen LogP contribution < -0.4 is 4.74 Å². The quantitative estimate of drug-likeness (QED) is 0.807. The van der Waals surface area contributed by atoms with Crippen molar-refractivity contribution in [2.75, 3.05) is 20.2 Å². The summed E-state index contributed by atoms with van der Waals surface area (Å²) >= 11 is 0. The summed E-state index contributed by atoms with van der Waals surface area (Å²) in [5.41, 5.74) is 0.305. The van der Waals surface area contributed by atoms with Crippen LogP contribution in [0.5, 0.6) is 5.75 Å². The third-order valence-electron chi connectivity index (χ3n) is 3.03. The first-order valence-electron chi connectivity index (χ1n) is 6.56. The van der Waals surface area contributed by atoms with Crippen LogP contribution in [0.2, 0.25) is 0 Å². The van der Waals surface area contributed by atoms with Crippen molar-refractivity contribution in [2.45, 2.75) is 6.54 Å². The molecule has 5 heteroatoms. The summed E-state index contributed by atoms with van der Waals surface area (Å²) < 4.78 is 44.8. The van der Waals surface area contributed by atoms with Gasteiger partial charge in [-0.05, 0) is 37.4 Å². The molecule has 0 unspecified atom stereocenters. The monoisotopic (exact) mass is 295 g/mol. The topological polar surface area (TPSA) is 12.5 Å². The zero-order valence-corrected chi connectivity index (χ0v) is 11.7. The second-order valence-electron chi connectivity index (χ2n) is 4.75. The largest absolute Gasteiger partial charge is 0.492 e. The van der Waals surface area contributed by atoms with E-state index in [1.54, 1.807) is 25.2 Å². The molecule has 0 aliphatic heterocycles. The summed E-state index contributed by atoms with van der Waals surface area (Å²) in [7, 11) is 1.79. The Kier molecular flexibility index (Phi) is 5.22. The van der Waals surface area contributed by atoms with Crippen LogP contribution in [-0.4, -0.2) is 25.1 Å². The number of hydrogen-bond acceptors (Lipinski definition) is 2. The molecule has 0 spiro atoms. The van der Waals surface area contributed by atoms with E-state index < -0.39 is 11.6 Å². The standard InChI is InChI=1S/C16H16F3NO/c1-20(11-12-3-2-4-15(18)16(12)19)9-10-21-14-7-5-13(17)6-8-14/h2-8H,9-11H2,1H3. The summed E-state index contributed by atoms with van der Waals surface area (Å²) in [6.45, 7) is 1.20. The van der Waals surface area contributed by atoms with Crippen LogP contribution >= 0.6 is 0 Å². The Balaban J connectivity index is 1.81. The minimum atomic E-state index is -0.844. The lowest BCUT2D eigenvalue weighted by molar-refractivity contribution is 0.230. The number of halogens is 3. The van der Waals surface area contributed by atoms with Crippen LogP contribution in [0.3, 0.4) is 0 Å². The molecule has 0 N–H and O–H groups in total. The third kappa shape index (κ3) is 4.49. The fourth-order valence-corrected chi connectivity index (χ4v) is 1.89. The molecule has 2 nitrogen and oxygen atoms in total. The molecule has 0 atom stereocenters. The van der Waals surface area contributed by atoms with E-state index in [1.807, 2.05) is 4.90 Å². The molecule has 2 rings (SSSR count). The molecular weight excluding hydrogens is 279 g/mol. The molecule has 0 saturated heterocycles. The number of benzene rings is 2. The van der Waals surface area contributed by atoms with Gasteiger partial charge in [-0.3, -0.25) is 4.90 Å². The predicted octanol–water partition coefficient (Wildman–Crippen LogP) is 3.61. The van der Waals surface area contributed by atoms with Crippen molar-refractivity contribution in [3.8, 4) is 5.75 Å². The van der Waals surface area contributed by atoms with Crippen molar-refractivity contribution < 1.29 is 17.9 Å². The molecule has 2 aromatic carbocycles. The van der Waals surface area contributed by atoms with Crippen LogP contribution in [0.15, 0.2) is 42.5 Å². The molecule has 0 saturated carbocycles. The van der Waals surface area contributed by atoms with Crippen LogP contribution in [0.1, 0.15) is 5.56 Å². The van der Waals surface area contributed by atoms with E-state index in [0.717, 1.165) is 6.07 Å². The summed E-state index contributed by atoms with van der Waals surface area (Å²) in [4.78, 5) is 1.82. The average Bonchev–Trinajstić information content (AvgIpc) is 2.46. The van der Waals surface area contributed by atoms with Gasteiger partial charge in [0, 0.05) is 18.7 Å². The van der Waals surface area contributed by atoms with Crippen LogP contribution in [0, 0.1) is 17.5 Å². The summed E-state index contributed by atoms with van der Waals surface area (Å²) in [6, 6.07) is 9.86. The van der Waals surface area contributed by atoms with Gasteiger partial charge >= 0.3 is 0 Å². The zero-order valence-electron chi connectivity index (χ0n) is 11.7. The fraction of sp³-hybridized carbons (Fsp3) is 0.250. The van der Waals surface area contributed by atoms with Gasteiger partial charge in [0.15, 0.2) is 11.6 Å². The Labute approximate surface area is 121 Å². The van der Waals surface area contributed by atoms with Gasteiger partial charge in [0.1, 0.15) is 18.2 Å². The van der Waals surface area contributed by atoms with Crippen LogP contribution in [-0.2, 0) is 6.54 Å². The van der Waals surface area contributed by atoms with Crippen molar-refractivity contribution in [1.82, 2.24) is 4.90 Å². The molecule has 0 radical (unpaired) electrons. The first-order chi connectivity index (χ1) is 10.1. The minimum Gasteiger partial charge on any atom is -0.492 e. The van der Waals surface area contributed by atoms with Gasteiger partial charge in [0.2, 0.25) is 0 Å². The molecule has 2 aromatic rings. The Morgan fingerprint density at radius 3 is 2.43 bits per heavy atom. The highest BCUT2D eigenvalue weighted by Crippen LogP contribution is 2.14. The summed E-state index contributed by atoms with van der Waals surface area (Å²) in [6.07, 6.45) is 0. The van der Waals surface area contributed by atoms with E-state index in [1.165, 1.54) is 18.2 Å². The van der Waals surface area contributed by atoms with Gasteiger partial charge in [0.25, 0.3) is 0 Å². The predicted molar refractivity (Wildman–Crippen MR) is 74.6 cm³/mol. The van der Waals surface area contributed by atoms with Gasteiger partial charge in [-0.1, -0.05) is 12.1 Å². The first kappa shape index (κ1) is 15.4. The van der Waals surface area contributed by atoms with Crippen molar-refractivity contribution in [1.29, 1.82) is 0 Å². The maximum Gasteiger partial charge on any atom is 0.163 e. The SMILES string of the molecule is CN(CCOc1ccc(F)cc1)Cc1cccc(F)c1F. The molecule has 112 valence electrons. The lowest BCUT2D eigenvalue weighted by Gasteiger charge is -2.17. The Bertz CT molecular complexity index is 587. The highest BCUT2D eigenvalue weighted by Gasteiger charge is 2.09. The van der Waals surface area contributed by atoms with E-state index in [2.05, 4.69) is 0 Å². The zero-order chi connectivity index (χ0) is 15.2. The Morgan fingerprint density at radius 1 is 1.00 bits per heavy atom. The van der Waals surface area contributed by atoms with E-state index in [4.69, 9.17) is 4.74 Å². The Morgan fingerprint density at radius 2 is 1.71 bits per heavy atom. The number of ether oxygens (including phenoxy) is 1. The summed E-state index contributed by atoms with van der Waals surface area (Å²) in [5, 5.41) is 0. The number of hydrogen-bond donors (Lipinski definition) is 0. The molecular formula is C16H16F3NO. The van der Waals surface area contributed by atoms with Gasteiger partial charge in [0.05, 0.1) is 0 Å². The number of nitrogens with zero attached hydrogens (tertiary/aromatic N) is 1. The van der Waals surface area contributed by atoms with Crippen molar-refractivity contribution in [2.24, 2.45) is 0 Å². The lowest BCUT2D eigenvalue weighted by Crippen LogP contribution is -2.24. The summed E-state index contributed by atoms with van der Waals surface area (Å²) in [5.74, 6) is -1.41. The van der Waals surface area contributed by atoms with E-state index in [9.17, 15) is 13.2 Å². The van der Waals surface area contributed by atoms with E-state index >= 15 is 0 Å². The van der Waals surface area contributed by atoms with Gasteiger partial charge in [-0.25, -0.2) is 13.2 Å². The van der Waals surface area contributed by atoms with Crippen molar-refractivity contribution in [3.63, 3.8) is 0 Å². The number of rotatable bonds is 6. The normalized spacial score (nSPS) is 10.9. The lowest BCUT2D eigenvalue weighted by atomic mass is 10.2. The van der Waals surface area contributed by atoms with Gasteiger partial charge in [-0.2, -0.15) is 0 Å². The maximum atomic E-state index is 13.5. The molecule has 0 aliphatic carbocycles. The molecule has 0 bridgehead atoms. The second kappa shape index (κ2) is 7.13. The smallest absolute Gasteiger partial charge is 0.163 e. The highest BCUT2D eigenvalue weighted by molar-refractivity contribution is 5.22. The number of likely N-dealkylation sites (N-methyl/N-ethyl adjacent to an activating group) is 1. The molecule has 21 heavy (non-hydrogen) atoms.